The fourth-order valence-electron chi connectivity index (χ4n) is 6.76. The second-order valence-corrected chi connectivity index (χ2v) is 11.5. The molecule has 0 N–H and O–H groups in total. The second-order valence-electron chi connectivity index (χ2n) is 11.5. The molecule has 0 radical (unpaired) electrons. The van der Waals surface area contributed by atoms with Crippen molar-refractivity contribution in [1.29, 1.82) is 0 Å². The normalized spacial score (nSPS) is 20.9. The standard InChI is InChI=1S/C31H35NO/c1-19-15-26-28(21-7-5-6-8-21)20(2)33-30(26)27(16-19)29-25-10-9-22(17-23(25)12-14-32-29)24-11-13-31(3,4)18-24/h9-10,12,14-17,21,24H,5-8,11,13,18H2,1-4H3. The molecule has 0 aliphatic heterocycles. The quantitative estimate of drug-likeness (QED) is 0.319. The fraction of sp³-hybridized carbons (Fsp3) is 0.452. The first-order valence-electron chi connectivity index (χ1n) is 12.8. The van der Waals surface area contributed by atoms with Crippen LogP contribution < -0.4 is 0 Å². The summed E-state index contributed by atoms with van der Waals surface area (Å²) in [6.07, 6.45) is 11.1. The van der Waals surface area contributed by atoms with Crippen LogP contribution >= 0.6 is 0 Å². The highest BCUT2D eigenvalue weighted by Crippen LogP contribution is 2.47. The lowest BCUT2D eigenvalue weighted by atomic mass is 9.88. The highest BCUT2D eigenvalue weighted by Gasteiger charge is 2.32. The maximum atomic E-state index is 6.49. The Kier molecular flexibility index (Phi) is 4.90. The average molecular weight is 438 g/mol. The summed E-state index contributed by atoms with van der Waals surface area (Å²) >= 11 is 0. The molecule has 0 amide bonds. The van der Waals surface area contributed by atoms with Crippen molar-refractivity contribution >= 4 is 21.7 Å². The van der Waals surface area contributed by atoms with Crippen LogP contribution in [0.2, 0.25) is 0 Å². The van der Waals surface area contributed by atoms with Crippen LogP contribution in [0.1, 0.15) is 93.1 Å². The molecule has 2 aliphatic carbocycles. The number of pyridine rings is 1. The van der Waals surface area contributed by atoms with Crippen molar-refractivity contribution < 1.29 is 4.42 Å². The summed E-state index contributed by atoms with van der Waals surface area (Å²) in [5.74, 6) is 2.41. The summed E-state index contributed by atoms with van der Waals surface area (Å²) in [4.78, 5) is 4.90. The van der Waals surface area contributed by atoms with Gasteiger partial charge in [0.15, 0.2) is 0 Å². The van der Waals surface area contributed by atoms with Crippen LogP contribution in [0.25, 0.3) is 33.0 Å². The lowest BCUT2D eigenvalue weighted by Crippen LogP contribution is -2.04. The van der Waals surface area contributed by atoms with Crippen molar-refractivity contribution in [2.45, 2.75) is 84.5 Å². The molecular weight excluding hydrogens is 402 g/mol. The Bertz CT molecular complexity index is 1350. The molecule has 2 heteroatoms. The van der Waals surface area contributed by atoms with Crippen molar-refractivity contribution in [3.8, 4) is 11.3 Å². The molecule has 6 rings (SSSR count). The lowest BCUT2D eigenvalue weighted by Gasteiger charge is -2.18. The summed E-state index contributed by atoms with van der Waals surface area (Å²) in [6, 6.07) is 13.8. The largest absolute Gasteiger partial charge is 0.460 e. The van der Waals surface area contributed by atoms with Crippen LogP contribution in [-0.4, -0.2) is 4.98 Å². The predicted molar refractivity (Wildman–Crippen MR) is 138 cm³/mol. The fourth-order valence-corrected chi connectivity index (χ4v) is 6.76. The molecule has 2 aliphatic rings. The van der Waals surface area contributed by atoms with Gasteiger partial charge in [-0.1, -0.05) is 44.9 Å². The topological polar surface area (TPSA) is 26.0 Å². The zero-order valence-electron chi connectivity index (χ0n) is 20.5. The molecule has 2 nitrogen and oxygen atoms in total. The molecule has 33 heavy (non-hydrogen) atoms. The summed E-state index contributed by atoms with van der Waals surface area (Å²) in [7, 11) is 0. The first-order chi connectivity index (χ1) is 15.9. The van der Waals surface area contributed by atoms with E-state index in [-0.39, 0.29) is 0 Å². The molecular formula is C31H35NO. The van der Waals surface area contributed by atoms with Gasteiger partial charge in [0.25, 0.3) is 0 Å². The number of aryl methyl sites for hydroxylation is 2. The zero-order valence-corrected chi connectivity index (χ0v) is 20.5. The van der Waals surface area contributed by atoms with E-state index in [2.05, 4.69) is 64.1 Å². The van der Waals surface area contributed by atoms with E-state index < -0.39 is 0 Å². The number of hydrogen-bond acceptors (Lipinski definition) is 2. The molecule has 2 heterocycles. The SMILES string of the molecule is Cc1cc(-c2nccc3cc(C4CCC(C)(C)C4)ccc23)c2oc(C)c(C3CCCC3)c2c1. The van der Waals surface area contributed by atoms with Crippen molar-refractivity contribution in [1.82, 2.24) is 4.98 Å². The minimum Gasteiger partial charge on any atom is -0.460 e. The molecule has 2 aromatic heterocycles. The second kappa shape index (κ2) is 7.72. The molecule has 0 bridgehead atoms. The third kappa shape index (κ3) is 3.59. The average Bonchev–Trinajstić information content (AvgIpc) is 3.51. The summed E-state index contributed by atoms with van der Waals surface area (Å²) in [5, 5.41) is 3.82. The number of hydrogen-bond donors (Lipinski definition) is 0. The van der Waals surface area contributed by atoms with Crippen molar-refractivity contribution in [2.24, 2.45) is 5.41 Å². The Labute approximate surface area is 197 Å². The summed E-state index contributed by atoms with van der Waals surface area (Å²) < 4.78 is 6.49. The Morgan fingerprint density at radius 3 is 2.48 bits per heavy atom. The molecule has 170 valence electrons. The van der Waals surface area contributed by atoms with E-state index >= 15 is 0 Å². The number of benzene rings is 2. The third-order valence-electron chi connectivity index (χ3n) is 8.40. The molecule has 4 aromatic rings. The Morgan fingerprint density at radius 2 is 1.73 bits per heavy atom. The number of fused-ring (bicyclic) bond motifs is 2. The van der Waals surface area contributed by atoms with E-state index in [0.717, 1.165) is 22.6 Å². The highest BCUT2D eigenvalue weighted by molar-refractivity contribution is 6.03. The van der Waals surface area contributed by atoms with Crippen LogP contribution in [-0.2, 0) is 0 Å². The highest BCUT2D eigenvalue weighted by atomic mass is 16.3. The van der Waals surface area contributed by atoms with Gasteiger partial charge in [0.05, 0.1) is 5.69 Å². The smallest absolute Gasteiger partial charge is 0.143 e. The minimum atomic E-state index is 0.463. The monoisotopic (exact) mass is 437 g/mol. The van der Waals surface area contributed by atoms with E-state index in [1.165, 1.54) is 77.8 Å². The Morgan fingerprint density at radius 1 is 0.909 bits per heavy atom. The molecule has 2 aromatic carbocycles. The molecule has 1 unspecified atom stereocenters. The first-order valence-corrected chi connectivity index (χ1v) is 12.8. The van der Waals surface area contributed by atoms with Gasteiger partial charge in [-0.05, 0) is 97.9 Å². The lowest BCUT2D eigenvalue weighted by molar-refractivity contribution is 0.376. The van der Waals surface area contributed by atoms with Gasteiger partial charge in [-0.15, -0.1) is 0 Å². The van der Waals surface area contributed by atoms with Crippen molar-refractivity contribution in [2.75, 3.05) is 0 Å². The first kappa shape index (κ1) is 21.0. The minimum absolute atomic E-state index is 0.463. The van der Waals surface area contributed by atoms with Crippen molar-refractivity contribution in [3.63, 3.8) is 0 Å². The zero-order chi connectivity index (χ0) is 22.7. The molecule has 0 spiro atoms. The number of furan rings is 1. The van der Waals surface area contributed by atoms with E-state index in [1.807, 2.05) is 6.20 Å². The predicted octanol–water partition coefficient (Wildman–Crippen LogP) is 9.22. The molecule has 0 saturated heterocycles. The van der Waals surface area contributed by atoms with E-state index in [1.54, 1.807) is 0 Å². The van der Waals surface area contributed by atoms with Crippen LogP contribution in [0, 0.1) is 19.3 Å². The number of aromatic nitrogens is 1. The number of nitrogens with zero attached hydrogens (tertiary/aromatic N) is 1. The third-order valence-corrected chi connectivity index (χ3v) is 8.40. The molecule has 2 saturated carbocycles. The number of rotatable bonds is 3. The van der Waals surface area contributed by atoms with Gasteiger partial charge in [-0.25, -0.2) is 0 Å². The van der Waals surface area contributed by atoms with Crippen LogP contribution in [0.5, 0.6) is 0 Å². The summed E-state index contributed by atoms with van der Waals surface area (Å²) in [6.45, 7) is 9.17. The maximum Gasteiger partial charge on any atom is 0.143 e. The Balaban J connectivity index is 1.49. The van der Waals surface area contributed by atoms with Gasteiger partial charge in [0.1, 0.15) is 11.3 Å². The Hall–Kier alpha value is -2.61. The van der Waals surface area contributed by atoms with E-state index in [9.17, 15) is 0 Å². The van der Waals surface area contributed by atoms with Crippen molar-refractivity contribution in [3.05, 3.63) is 65.0 Å². The van der Waals surface area contributed by atoms with Crippen LogP contribution in [0.3, 0.4) is 0 Å². The van der Waals surface area contributed by atoms with Gasteiger partial charge >= 0.3 is 0 Å². The summed E-state index contributed by atoms with van der Waals surface area (Å²) in [5.41, 5.74) is 7.87. The van der Waals surface area contributed by atoms with Gasteiger partial charge < -0.3 is 4.42 Å². The van der Waals surface area contributed by atoms with Gasteiger partial charge in [-0.2, -0.15) is 0 Å². The van der Waals surface area contributed by atoms with Gasteiger partial charge in [0.2, 0.25) is 0 Å². The molecule has 2 fully saturated rings. The van der Waals surface area contributed by atoms with E-state index in [0.29, 0.717) is 17.3 Å². The maximum absolute atomic E-state index is 6.49. The van der Waals surface area contributed by atoms with Crippen LogP contribution in [0.4, 0.5) is 0 Å². The van der Waals surface area contributed by atoms with E-state index in [4.69, 9.17) is 9.40 Å². The van der Waals surface area contributed by atoms with Gasteiger partial charge in [0, 0.05) is 28.1 Å². The van der Waals surface area contributed by atoms with Crippen LogP contribution in [0.15, 0.2) is 47.0 Å². The molecule has 1 atom stereocenters. The van der Waals surface area contributed by atoms with Gasteiger partial charge in [-0.3, -0.25) is 4.98 Å².